The topological polar surface area (TPSA) is 76.7 Å². The molecule has 0 unspecified atom stereocenters. The first-order valence-electron chi connectivity index (χ1n) is 6.70. The van der Waals surface area contributed by atoms with Gasteiger partial charge in [0.15, 0.2) is 6.61 Å². The molecule has 0 atom stereocenters. The number of hydrogen-bond acceptors (Lipinski definition) is 4. The van der Waals surface area contributed by atoms with E-state index in [1.807, 2.05) is 0 Å². The maximum Gasteiger partial charge on any atom is 0.276 e. The van der Waals surface area contributed by atoms with Gasteiger partial charge in [0.25, 0.3) is 11.8 Å². The maximum atomic E-state index is 12.7. The molecule has 0 heterocycles. The SMILES string of the molecule is COc1ccc(C(=O)NNC(=O)COc2ccc(F)cc2)cc1. The number of carbonyl (C=O) groups is 2. The summed E-state index contributed by atoms with van der Waals surface area (Å²) in [4.78, 5) is 23.4. The number of methoxy groups -OCH3 is 1. The zero-order valence-corrected chi connectivity index (χ0v) is 12.3. The standard InChI is InChI=1S/C16H15FN2O4/c1-22-13-6-2-11(3-7-13)16(21)19-18-15(20)10-23-14-8-4-12(17)5-9-14/h2-9H,10H2,1H3,(H,18,20)(H,19,21). The lowest BCUT2D eigenvalue weighted by atomic mass is 10.2. The van der Waals surface area contributed by atoms with Crippen molar-refractivity contribution in [2.24, 2.45) is 0 Å². The number of amides is 2. The van der Waals surface area contributed by atoms with Crippen LogP contribution in [-0.4, -0.2) is 25.5 Å². The van der Waals surface area contributed by atoms with Gasteiger partial charge in [-0.3, -0.25) is 20.4 Å². The monoisotopic (exact) mass is 318 g/mol. The second-order valence-corrected chi connectivity index (χ2v) is 4.47. The number of halogens is 1. The summed E-state index contributed by atoms with van der Waals surface area (Å²) in [6.45, 7) is -0.311. The Morgan fingerprint density at radius 1 is 0.957 bits per heavy atom. The van der Waals surface area contributed by atoms with Crippen molar-refractivity contribution in [2.45, 2.75) is 0 Å². The third-order valence-corrected chi connectivity index (χ3v) is 2.85. The van der Waals surface area contributed by atoms with Gasteiger partial charge < -0.3 is 9.47 Å². The maximum absolute atomic E-state index is 12.7. The number of ether oxygens (including phenoxy) is 2. The average molecular weight is 318 g/mol. The second kappa shape index (κ2) is 7.79. The fourth-order valence-electron chi connectivity index (χ4n) is 1.66. The molecule has 0 spiro atoms. The van der Waals surface area contributed by atoms with Crippen LogP contribution in [0.4, 0.5) is 4.39 Å². The van der Waals surface area contributed by atoms with Gasteiger partial charge in [-0.15, -0.1) is 0 Å². The summed E-state index contributed by atoms with van der Waals surface area (Å²) in [5, 5.41) is 0. The van der Waals surface area contributed by atoms with Crippen LogP contribution in [0.15, 0.2) is 48.5 Å². The Kier molecular flexibility index (Phi) is 5.51. The Labute approximate surface area is 132 Å². The number of carbonyl (C=O) groups excluding carboxylic acids is 2. The summed E-state index contributed by atoms with van der Waals surface area (Å²) in [5.41, 5.74) is 4.85. The fraction of sp³-hybridized carbons (Fsp3) is 0.125. The van der Waals surface area contributed by atoms with Crippen molar-refractivity contribution in [1.82, 2.24) is 10.9 Å². The first kappa shape index (κ1) is 16.3. The highest BCUT2D eigenvalue weighted by atomic mass is 19.1. The summed E-state index contributed by atoms with van der Waals surface area (Å²) in [5.74, 6) is -0.436. The molecule has 7 heteroatoms. The Morgan fingerprint density at radius 2 is 1.57 bits per heavy atom. The second-order valence-electron chi connectivity index (χ2n) is 4.47. The van der Waals surface area contributed by atoms with E-state index in [1.165, 1.54) is 31.4 Å². The van der Waals surface area contributed by atoms with Crippen molar-refractivity contribution >= 4 is 11.8 Å². The number of benzene rings is 2. The largest absolute Gasteiger partial charge is 0.497 e. The minimum atomic E-state index is -0.545. The molecule has 0 fully saturated rings. The molecule has 120 valence electrons. The zero-order chi connectivity index (χ0) is 16.7. The summed E-state index contributed by atoms with van der Waals surface area (Å²) in [7, 11) is 1.52. The first-order valence-corrected chi connectivity index (χ1v) is 6.70. The van der Waals surface area contributed by atoms with E-state index in [-0.39, 0.29) is 6.61 Å². The number of rotatable bonds is 5. The van der Waals surface area contributed by atoms with Crippen molar-refractivity contribution in [3.63, 3.8) is 0 Å². The van der Waals surface area contributed by atoms with Crippen LogP contribution >= 0.6 is 0 Å². The predicted molar refractivity (Wildman–Crippen MR) is 80.5 cm³/mol. The number of hydrogen-bond donors (Lipinski definition) is 2. The third kappa shape index (κ3) is 4.99. The molecule has 0 aliphatic rings. The molecule has 2 N–H and O–H groups in total. The van der Waals surface area contributed by atoms with Crippen LogP contribution < -0.4 is 20.3 Å². The van der Waals surface area contributed by atoms with E-state index >= 15 is 0 Å². The van der Waals surface area contributed by atoms with E-state index in [2.05, 4.69) is 10.9 Å². The predicted octanol–water partition coefficient (Wildman–Crippen LogP) is 1.67. The van der Waals surface area contributed by atoms with Crippen LogP contribution in [0.3, 0.4) is 0 Å². The average Bonchev–Trinajstić information content (AvgIpc) is 2.59. The summed E-state index contributed by atoms with van der Waals surface area (Å²) >= 11 is 0. The molecule has 0 saturated heterocycles. The van der Waals surface area contributed by atoms with Crippen LogP contribution in [0, 0.1) is 5.82 Å². The highest BCUT2D eigenvalue weighted by molar-refractivity contribution is 5.95. The summed E-state index contributed by atoms with van der Waals surface area (Å²) in [6.07, 6.45) is 0. The van der Waals surface area contributed by atoms with Gasteiger partial charge in [0, 0.05) is 5.56 Å². The Morgan fingerprint density at radius 3 is 2.17 bits per heavy atom. The number of nitrogens with one attached hydrogen (secondary N) is 2. The van der Waals surface area contributed by atoms with Crippen LogP contribution in [0.2, 0.25) is 0 Å². The molecule has 0 aliphatic heterocycles. The van der Waals surface area contributed by atoms with E-state index < -0.39 is 17.6 Å². The first-order chi connectivity index (χ1) is 11.1. The van der Waals surface area contributed by atoms with Gasteiger partial charge in [-0.05, 0) is 48.5 Å². The molecule has 2 rings (SSSR count). The van der Waals surface area contributed by atoms with Crippen LogP contribution in [-0.2, 0) is 4.79 Å². The summed E-state index contributed by atoms with van der Waals surface area (Å²) in [6, 6.07) is 11.6. The molecule has 6 nitrogen and oxygen atoms in total. The molecule has 2 aromatic rings. The van der Waals surface area contributed by atoms with Gasteiger partial charge in [-0.1, -0.05) is 0 Å². The third-order valence-electron chi connectivity index (χ3n) is 2.85. The zero-order valence-electron chi connectivity index (χ0n) is 12.3. The molecular weight excluding hydrogens is 303 g/mol. The Balaban J connectivity index is 1.76. The van der Waals surface area contributed by atoms with Gasteiger partial charge in [-0.2, -0.15) is 0 Å². The fourth-order valence-corrected chi connectivity index (χ4v) is 1.66. The molecule has 0 aliphatic carbocycles. The van der Waals surface area contributed by atoms with Gasteiger partial charge in [0.1, 0.15) is 17.3 Å². The molecule has 0 aromatic heterocycles. The number of hydrazine groups is 1. The van der Waals surface area contributed by atoms with Crippen LogP contribution in [0.25, 0.3) is 0 Å². The quantitative estimate of drug-likeness (QED) is 0.822. The highest BCUT2D eigenvalue weighted by Crippen LogP contribution is 2.11. The lowest BCUT2D eigenvalue weighted by Gasteiger charge is -2.09. The van der Waals surface area contributed by atoms with Gasteiger partial charge in [-0.25, -0.2) is 4.39 Å². The lowest BCUT2D eigenvalue weighted by molar-refractivity contribution is -0.123. The van der Waals surface area contributed by atoms with Gasteiger partial charge in [0.2, 0.25) is 0 Å². The van der Waals surface area contributed by atoms with E-state index in [1.54, 1.807) is 24.3 Å². The Hall–Kier alpha value is -3.09. The smallest absolute Gasteiger partial charge is 0.276 e. The Bertz CT molecular complexity index is 671. The molecular formula is C16H15FN2O4. The van der Waals surface area contributed by atoms with E-state index in [0.29, 0.717) is 17.1 Å². The van der Waals surface area contributed by atoms with Gasteiger partial charge in [0.05, 0.1) is 7.11 Å². The summed E-state index contributed by atoms with van der Waals surface area (Å²) < 4.78 is 22.8. The van der Waals surface area contributed by atoms with Crippen LogP contribution in [0.1, 0.15) is 10.4 Å². The minimum absolute atomic E-state index is 0.311. The molecule has 0 bridgehead atoms. The van der Waals surface area contributed by atoms with Crippen molar-refractivity contribution in [2.75, 3.05) is 13.7 Å². The highest BCUT2D eigenvalue weighted by Gasteiger charge is 2.08. The molecule has 23 heavy (non-hydrogen) atoms. The molecule has 0 saturated carbocycles. The van der Waals surface area contributed by atoms with Crippen molar-refractivity contribution in [1.29, 1.82) is 0 Å². The van der Waals surface area contributed by atoms with Crippen molar-refractivity contribution in [3.05, 3.63) is 59.9 Å². The van der Waals surface area contributed by atoms with E-state index in [0.717, 1.165) is 0 Å². The van der Waals surface area contributed by atoms with Crippen molar-refractivity contribution < 1.29 is 23.5 Å². The van der Waals surface area contributed by atoms with Crippen molar-refractivity contribution in [3.8, 4) is 11.5 Å². The minimum Gasteiger partial charge on any atom is -0.497 e. The lowest BCUT2D eigenvalue weighted by Crippen LogP contribution is -2.43. The normalized spacial score (nSPS) is 9.83. The molecule has 2 aromatic carbocycles. The van der Waals surface area contributed by atoms with Gasteiger partial charge >= 0.3 is 0 Å². The molecule has 2 amide bonds. The van der Waals surface area contributed by atoms with E-state index in [4.69, 9.17) is 9.47 Å². The molecule has 0 radical (unpaired) electrons. The van der Waals surface area contributed by atoms with E-state index in [9.17, 15) is 14.0 Å². The van der Waals surface area contributed by atoms with Crippen LogP contribution in [0.5, 0.6) is 11.5 Å².